The highest BCUT2D eigenvalue weighted by Gasteiger charge is 2.16. The molecule has 0 aliphatic heterocycles. The lowest BCUT2D eigenvalue weighted by atomic mass is 10.3. The zero-order valence-electron chi connectivity index (χ0n) is 8.47. The SMILES string of the molecule is COc1cccc(N(C)S(=O)(=O)CCl)c1. The summed E-state index contributed by atoms with van der Waals surface area (Å²) in [6.45, 7) is 0. The van der Waals surface area contributed by atoms with Crippen LogP contribution in [0.15, 0.2) is 24.3 Å². The summed E-state index contributed by atoms with van der Waals surface area (Å²) in [6.07, 6.45) is 0. The fourth-order valence-electron chi connectivity index (χ4n) is 1.04. The Morgan fingerprint density at radius 1 is 1.47 bits per heavy atom. The van der Waals surface area contributed by atoms with Gasteiger partial charge in [-0.1, -0.05) is 6.07 Å². The van der Waals surface area contributed by atoms with Gasteiger partial charge in [0.1, 0.15) is 11.0 Å². The van der Waals surface area contributed by atoms with Gasteiger partial charge >= 0.3 is 0 Å². The summed E-state index contributed by atoms with van der Waals surface area (Å²) in [5, 5.41) is -0.444. The van der Waals surface area contributed by atoms with Crippen molar-refractivity contribution < 1.29 is 13.2 Å². The van der Waals surface area contributed by atoms with E-state index in [1.165, 1.54) is 14.2 Å². The second-order valence-electron chi connectivity index (χ2n) is 2.89. The topological polar surface area (TPSA) is 46.6 Å². The molecule has 1 aromatic rings. The zero-order chi connectivity index (χ0) is 11.5. The number of benzene rings is 1. The van der Waals surface area contributed by atoms with Crippen LogP contribution in [0, 0.1) is 0 Å². The predicted octanol–water partition coefficient (Wildman–Crippen LogP) is 1.66. The maximum absolute atomic E-state index is 11.5. The number of sulfonamides is 1. The summed E-state index contributed by atoms with van der Waals surface area (Å²) in [6, 6.07) is 6.76. The second-order valence-corrected chi connectivity index (χ2v) is 5.47. The van der Waals surface area contributed by atoms with E-state index in [0.29, 0.717) is 11.4 Å². The summed E-state index contributed by atoms with van der Waals surface area (Å²) in [7, 11) is -0.459. The van der Waals surface area contributed by atoms with Crippen molar-refractivity contribution >= 4 is 27.3 Å². The quantitative estimate of drug-likeness (QED) is 0.763. The van der Waals surface area contributed by atoms with Crippen LogP contribution >= 0.6 is 11.6 Å². The fraction of sp³-hybridized carbons (Fsp3) is 0.333. The minimum Gasteiger partial charge on any atom is -0.497 e. The third-order valence-corrected chi connectivity index (χ3v) is 4.12. The van der Waals surface area contributed by atoms with E-state index in [1.807, 2.05) is 0 Å². The lowest BCUT2D eigenvalue weighted by molar-refractivity contribution is 0.415. The highest BCUT2D eigenvalue weighted by Crippen LogP contribution is 2.22. The zero-order valence-corrected chi connectivity index (χ0v) is 10.0. The maximum Gasteiger partial charge on any atom is 0.248 e. The normalized spacial score (nSPS) is 11.1. The molecule has 0 atom stereocenters. The number of ether oxygens (including phenoxy) is 1. The van der Waals surface area contributed by atoms with E-state index in [1.54, 1.807) is 24.3 Å². The monoisotopic (exact) mass is 249 g/mol. The maximum atomic E-state index is 11.5. The highest BCUT2D eigenvalue weighted by atomic mass is 35.5. The molecule has 15 heavy (non-hydrogen) atoms. The van der Waals surface area contributed by atoms with Crippen molar-refractivity contribution in [1.29, 1.82) is 0 Å². The fourth-order valence-corrected chi connectivity index (χ4v) is 2.06. The van der Waals surface area contributed by atoms with Gasteiger partial charge in [0.2, 0.25) is 10.0 Å². The Labute approximate surface area is 94.5 Å². The molecule has 0 radical (unpaired) electrons. The van der Waals surface area contributed by atoms with Crippen molar-refractivity contribution in [2.75, 3.05) is 23.7 Å². The highest BCUT2D eigenvalue weighted by molar-refractivity contribution is 7.93. The molecule has 0 N–H and O–H groups in total. The van der Waals surface area contributed by atoms with Crippen LogP contribution in [0.3, 0.4) is 0 Å². The van der Waals surface area contributed by atoms with Crippen LogP contribution in [-0.2, 0) is 10.0 Å². The largest absolute Gasteiger partial charge is 0.497 e. The van der Waals surface area contributed by atoms with Gasteiger partial charge in [0.15, 0.2) is 0 Å². The van der Waals surface area contributed by atoms with Crippen LogP contribution in [0.2, 0.25) is 0 Å². The molecule has 1 aromatic carbocycles. The van der Waals surface area contributed by atoms with E-state index in [4.69, 9.17) is 16.3 Å². The van der Waals surface area contributed by atoms with Gasteiger partial charge in [-0.15, -0.1) is 11.6 Å². The average Bonchev–Trinajstić information content (AvgIpc) is 2.28. The Morgan fingerprint density at radius 2 is 2.13 bits per heavy atom. The lowest BCUT2D eigenvalue weighted by Gasteiger charge is -2.18. The molecule has 0 bridgehead atoms. The van der Waals surface area contributed by atoms with Gasteiger partial charge < -0.3 is 4.74 Å². The number of alkyl halides is 1. The van der Waals surface area contributed by atoms with E-state index < -0.39 is 15.2 Å². The van der Waals surface area contributed by atoms with Crippen LogP contribution in [0.25, 0.3) is 0 Å². The minimum atomic E-state index is -3.43. The van der Waals surface area contributed by atoms with E-state index in [-0.39, 0.29) is 0 Å². The van der Waals surface area contributed by atoms with Gasteiger partial charge in [0.25, 0.3) is 0 Å². The molecule has 0 heterocycles. The number of anilines is 1. The summed E-state index contributed by atoms with van der Waals surface area (Å²) >= 11 is 5.35. The minimum absolute atomic E-state index is 0.444. The van der Waals surface area contributed by atoms with E-state index in [2.05, 4.69) is 0 Å². The molecule has 0 saturated heterocycles. The van der Waals surface area contributed by atoms with Crippen molar-refractivity contribution in [2.24, 2.45) is 0 Å². The first-order valence-corrected chi connectivity index (χ1v) is 6.32. The van der Waals surface area contributed by atoms with Crippen molar-refractivity contribution in [3.05, 3.63) is 24.3 Å². The number of nitrogens with zero attached hydrogens (tertiary/aromatic N) is 1. The summed E-state index contributed by atoms with van der Waals surface area (Å²) < 4.78 is 29.0. The molecular weight excluding hydrogens is 238 g/mol. The van der Waals surface area contributed by atoms with Crippen LogP contribution < -0.4 is 9.04 Å². The Bertz CT molecular complexity index is 433. The molecule has 0 aliphatic carbocycles. The molecule has 0 saturated carbocycles. The van der Waals surface area contributed by atoms with Crippen molar-refractivity contribution in [1.82, 2.24) is 0 Å². The van der Waals surface area contributed by atoms with Gasteiger partial charge in [-0.3, -0.25) is 4.31 Å². The molecule has 0 fully saturated rings. The first-order chi connectivity index (χ1) is 7.01. The number of rotatable bonds is 4. The van der Waals surface area contributed by atoms with Crippen molar-refractivity contribution in [3.8, 4) is 5.75 Å². The molecular formula is C9H12ClNO3S. The summed E-state index contributed by atoms with van der Waals surface area (Å²) in [5.74, 6) is 0.601. The molecule has 0 amide bonds. The smallest absolute Gasteiger partial charge is 0.248 e. The van der Waals surface area contributed by atoms with E-state index >= 15 is 0 Å². The lowest BCUT2D eigenvalue weighted by Crippen LogP contribution is -2.27. The molecule has 0 spiro atoms. The Balaban J connectivity index is 3.06. The predicted molar refractivity (Wildman–Crippen MR) is 61.0 cm³/mol. The van der Waals surface area contributed by atoms with Crippen LogP contribution in [0.1, 0.15) is 0 Å². The van der Waals surface area contributed by atoms with Crippen molar-refractivity contribution in [2.45, 2.75) is 0 Å². The molecule has 0 aromatic heterocycles. The molecule has 84 valence electrons. The third-order valence-electron chi connectivity index (χ3n) is 1.97. The van der Waals surface area contributed by atoms with Gasteiger partial charge in [-0.2, -0.15) is 0 Å². The van der Waals surface area contributed by atoms with Gasteiger partial charge in [-0.05, 0) is 12.1 Å². The number of methoxy groups -OCH3 is 1. The first kappa shape index (κ1) is 12.1. The Morgan fingerprint density at radius 3 is 2.67 bits per heavy atom. The van der Waals surface area contributed by atoms with E-state index in [9.17, 15) is 8.42 Å². The summed E-state index contributed by atoms with van der Waals surface area (Å²) in [5.41, 5.74) is 0.523. The van der Waals surface area contributed by atoms with Crippen LogP contribution in [0.5, 0.6) is 5.75 Å². The Kier molecular flexibility index (Phi) is 3.82. The second kappa shape index (κ2) is 4.72. The first-order valence-electron chi connectivity index (χ1n) is 4.18. The molecule has 4 nitrogen and oxygen atoms in total. The molecule has 0 unspecified atom stereocenters. The third kappa shape index (κ3) is 2.76. The number of hydrogen-bond acceptors (Lipinski definition) is 3. The Hall–Kier alpha value is -0.940. The molecule has 1 rings (SSSR count). The van der Waals surface area contributed by atoms with E-state index in [0.717, 1.165) is 4.31 Å². The summed E-state index contributed by atoms with van der Waals surface area (Å²) in [4.78, 5) is 0. The number of halogens is 1. The van der Waals surface area contributed by atoms with Gasteiger partial charge in [0, 0.05) is 13.1 Å². The van der Waals surface area contributed by atoms with Crippen LogP contribution in [0.4, 0.5) is 5.69 Å². The van der Waals surface area contributed by atoms with Gasteiger partial charge in [-0.25, -0.2) is 8.42 Å². The molecule has 0 aliphatic rings. The standard InChI is InChI=1S/C9H12ClNO3S/c1-11(15(12,13)7-10)8-4-3-5-9(6-8)14-2/h3-6H,7H2,1-2H3. The van der Waals surface area contributed by atoms with Crippen LogP contribution in [-0.4, -0.2) is 27.8 Å². The van der Waals surface area contributed by atoms with Crippen molar-refractivity contribution in [3.63, 3.8) is 0 Å². The number of hydrogen-bond donors (Lipinski definition) is 0. The van der Waals surface area contributed by atoms with Gasteiger partial charge in [0.05, 0.1) is 12.8 Å². The average molecular weight is 250 g/mol. The molecule has 6 heteroatoms.